The van der Waals surface area contributed by atoms with Crippen molar-refractivity contribution in [1.29, 1.82) is 0 Å². The Bertz CT molecular complexity index is 193. The molecule has 0 atom stereocenters. The first-order valence-corrected chi connectivity index (χ1v) is 4.30. The van der Waals surface area contributed by atoms with Crippen LogP contribution in [-0.4, -0.2) is 17.8 Å². The van der Waals surface area contributed by atoms with Gasteiger partial charge in [-0.1, -0.05) is 22.5 Å². The van der Waals surface area contributed by atoms with E-state index in [0.717, 1.165) is 0 Å². The van der Waals surface area contributed by atoms with Crippen LogP contribution in [0.15, 0.2) is 12.2 Å². The van der Waals surface area contributed by atoms with Gasteiger partial charge >= 0.3 is 0 Å². The molecule has 0 unspecified atom stereocenters. The second-order valence-electron chi connectivity index (χ2n) is 1.95. The van der Waals surface area contributed by atoms with Gasteiger partial charge in [0.2, 0.25) is 5.91 Å². The van der Waals surface area contributed by atoms with Crippen molar-refractivity contribution < 1.29 is 4.79 Å². The highest BCUT2D eigenvalue weighted by atomic mass is 79.9. The van der Waals surface area contributed by atoms with Crippen LogP contribution in [0.3, 0.4) is 0 Å². The number of terminal acetylenes is 1. The first-order valence-electron chi connectivity index (χ1n) is 3.17. The number of alkyl halides is 1. The van der Waals surface area contributed by atoms with Crippen molar-refractivity contribution in [3.05, 3.63) is 12.2 Å². The average Bonchev–Trinajstić information content (AvgIpc) is 2.03. The molecule has 3 heteroatoms. The van der Waals surface area contributed by atoms with Gasteiger partial charge in [-0.05, 0) is 0 Å². The van der Waals surface area contributed by atoms with Crippen LogP contribution in [0.25, 0.3) is 0 Å². The highest BCUT2D eigenvalue weighted by Gasteiger charge is 2.02. The van der Waals surface area contributed by atoms with Gasteiger partial charge in [0, 0.05) is 23.9 Å². The molecule has 60 valence electrons. The van der Waals surface area contributed by atoms with Gasteiger partial charge in [0.05, 0.1) is 0 Å². The minimum Gasteiger partial charge on any atom is -0.351 e. The molecule has 0 aromatic rings. The minimum absolute atomic E-state index is 0.142. The molecule has 0 heterocycles. The molecule has 0 fully saturated rings. The van der Waals surface area contributed by atoms with Crippen molar-refractivity contribution in [2.24, 2.45) is 0 Å². The molecule has 0 rings (SSSR count). The highest BCUT2D eigenvalue weighted by Crippen LogP contribution is 1.94. The van der Waals surface area contributed by atoms with E-state index in [0.29, 0.717) is 23.9 Å². The van der Waals surface area contributed by atoms with Gasteiger partial charge < -0.3 is 5.32 Å². The summed E-state index contributed by atoms with van der Waals surface area (Å²) >= 11 is 3.12. The van der Waals surface area contributed by atoms with Crippen LogP contribution in [0.2, 0.25) is 0 Å². The van der Waals surface area contributed by atoms with E-state index in [1.54, 1.807) is 0 Å². The van der Waals surface area contributed by atoms with Crippen LogP contribution in [-0.2, 0) is 4.79 Å². The summed E-state index contributed by atoms with van der Waals surface area (Å²) < 4.78 is 0. The number of nitrogens with one attached hydrogen (secondary N) is 1. The lowest BCUT2D eigenvalue weighted by Gasteiger charge is -2.01. The van der Waals surface area contributed by atoms with E-state index < -0.39 is 0 Å². The smallest absolute Gasteiger partial charge is 0.247 e. The monoisotopic (exact) mass is 215 g/mol. The summed E-state index contributed by atoms with van der Waals surface area (Å²) in [6, 6.07) is 0. The zero-order valence-electron chi connectivity index (χ0n) is 6.19. The predicted molar refractivity (Wildman–Crippen MR) is 49.4 cm³/mol. The highest BCUT2D eigenvalue weighted by molar-refractivity contribution is 9.09. The molecule has 1 N–H and O–H groups in total. The molecule has 0 bridgehead atoms. The standard InChI is InChI=1S/C8H10BrNO/c1-3-4-5-10-8(11)7(2)6-9/h1H,2,4-6H2,(H,10,11). The van der Waals surface area contributed by atoms with Crippen molar-refractivity contribution in [3.63, 3.8) is 0 Å². The molecule has 0 aliphatic heterocycles. The van der Waals surface area contributed by atoms with Gasteiger partial charge in [-0.2, -0.15) is 0 Å². The fraction of sp³-hybridized carbons (Fsp3) is 0.375. The van der Waals surface area contributed by atoms with E-state index in [9.17, 15) is 4.79 Å². The number of carbonyl (C=O) groups is 1. The van der Waals surface area contributed by atoms with E-state index in [-0.39, 0.29) is 5.91 Å². The molecule has 1 amide bonds. The Morgan fingerprint density at radius 3 is 2.82 bits per heavy atom. The minimum atomic E-state index is -0.142. The molecule has 0 aliphatic rings. The summed E-state index contributed by atoms with van der Waals surface area (Å²) in [4.78, 5) is 10.9. The molecule has 11 heavy (non-hydrogen) atoms. The molecule has 0 spiro atoms. The number of rotatable bonds is 4. The summed E-state index contributed by atoms with van der Waals surface area (Å²) in [6.07, 6.45) is 5.55. The maximum Gasteiger partial charge on any atom is 0.247 e. The SMILES string of the molecule is C#CCCNC(=O)C(=C)CBr. The Morgan fingerprint density at radius 2 is 2.36 bits per heavy atom. The number of amides is 1. The van der Waals surface area contributed by atoms with E-state index in [1.165, 1.54) is 0 Å². The fourth-order valence-corrected chi connectivity index (χ4v) is 0.689. The van der Waals surface area contributed by atoms with Crippen molar-refractivity contribution in [2.45, 2.75) is 6.42 Å². The summed E-state index contributed by atoms with van der Waals surface area (Å²) in [7, 11) is 0. The van der Waals surface area contributed by atoms with Crippen LogP contribution >= 0.6 is 15.9 Å². The lowest BCUT2D eigenvalue weighted by atomic mass is 10.3. The topological polar surface area (TPSA) is 29.1 Å². The zero-order valence-corrected chi connectivity index (χ0v) is 7.78. The van der Waals surface area contributed by atoms with Crippen LogP contribution in [0.5, 0.6) is 0 Å². The third-order valence-electron chi connectivity index (χ3n) is 1.04. The number of carbonyl (C=O) groups excluding carboxylic acids is 1. The van der Waals surface area contributed by atoms with Gasteiger partial charge in [-0.3, -0.25) is 4.79 Å². The Labute approximate surface area is 75.2 Å². The van der Waals surface area contributed by atoms with Gasteiger partial charge in [-0.25, -0.2) is 0 Å². The Balaban J connectivity index is 3.54. The Hall–Kier alpha value is -0.750. The summed E-state index contributed by atoms with van der Waals surface area (Å²) in [6.45, 7) is 4.06. The molecule has 0 aromatic carbocycles. The lowest BCUT2D eigenvalue weighted by molar-refractivity contribution is -0.117. The summed E-state index contributed by atoms with van der Waals surface area (Å²) in [5.74, 6) is 2.28. The van der Waals surface area contributed by atoms with Crippen LogP contribution < -0.4 is 5.32 Å². The summed E-state index contributed by atoms with van der Waals surface area (Å²) in [5, 5.41) is 3.12. The van der Waals surface area contributed by atoms with E-state index >= 15 is 0 Å². The normalized spacial score (nSPS) is 8.36. The largest absolute Gasteiger partial charge is 0.351 e. The second kappa shape index (κ2) is 5.99. The molecular weight excluding hydrogens is 206 g/mol. The van der Waals surface area contributed by atoms with Crippen LogP contribution in [0, 0.1) is 12.3 Å². The molecule has 0 saturated heterocycles. The third kappa shape index (κ3) is 4.63. The summed E-state index contributed by atoms with van der Waals surface area (Å²) in [5.41, 5.74) is 0.516. The van der Waals surface area contributed by atoms with Gasteiger partial charge in [0.1, 0.15) is 0 Å². The first-order chi connectivity index (χ1) is 5.22. The fourth-order valence-electron chi connectivity index (χ4n) is 0.434. The lowest BCUT2D eigenvalue weighted by Crippen LogP contribution is -2.25. The van der Waals surface area contributed by atoms with Crippen molar-refractivity contribution in [2.75, 3.05) is 11.9 Å². The van der Waals surface area contributed by atoms with Crippen LogP contribution in [0.4, 0.5) is 0 Å². The number of hydrogen-bond acceptors (Lipinski definition) is 1. The van der Waals surface area contributed by atoms with Crippen molar-refractivity contribution in [1.82, 2.24) is 5.32 Å². The van der Waals surface area contributed by atoms with E-state index in [1.807, 2.05) is 0 Å². The third-order valence-corrected chi connectivity index (χ3v) is 1.71. The molecule has 0 aliphatic carbocycles. The van der Waals surface area contributed by atoms with Gasteiger partial charge in [0.25, 0.3) is 0 Å². The van der Waals surface area contributed by atoms with Gasteiger partial charge in [-0.15, -0.1) is 12.3 Å². The maximum absolute atomic E-state index is 10.9. The second-order valence-corrected chi connectivity index (χ2v) is 2.51. The molecule has 0 radical (unpaired) electrons. The maximum atomic E-state index is 10.9. The Kier molecular flexibility index (Phi) is 5.58. The average molecular weight is 216 g/mol. The van der Waals surface area contributed by atoms with Crippen molar-refractivity contribution in [3.8, 4) is 12.3 Å². The van der Waals surface area contributed by atoms with Crippen LogP contribution in [0.1, 0.15) is 6.42 Å². The first kappa shape index (κ1) is 10.2. The number of halogens is 1. The number of hydrogen-bond donors (Lipinski definition) is 1. The van der Waals surface area contributed by atoms with E-state index in [2.05, 4.69) is 33.7 Å². The molecule has 0 aromatic heterocycles. The molecular formula is C8H10BrNO. The Morgan fingerprint density at radius 1 is 1.73 bits per heavy atom. The predicted octanol–water partition coefficient (Wildman–Crippen LogP) is 1.08. The molecule has 2 nitrogen and oxygen atoms in total. The van der Waals surface area contributed by atoms with E-state index in [4.69, 9.17) is 6.42 Å². The van der Waals surface area contributed by atoms with Crippen molar-refractivity contribution >= 4 is 21.8 Å². The van der Waals surface area contributed by atoms with Gasteiger partial charge in [0.15, 0.2) is 0 Å². The quantitative estimate of drug-likeness (QED) is 0.324. The zero-order chi connectivity index (χ0) is 8.69. The molecule has 0 saturated carbocycles.